The summed E-state index contributed by atoms with van der Waals surface area (Å²) < 4.78 is 0. The maximum absolute atomic E-state index is 4.49. The van der Waals surface area contributed by atoms with Crippen molar-refractivity contribution in [3.8, 4) is 0 Å². The molecule has 1 atom stereocenters. The molecule has 0 spiro atoms. The molecule has 2 rings (SSSR count). The van der Waals surface area contributed by atoms with Crippen molar-refractivity contribution < 1.29 is 0 Å². The highest BCUT2D eigenvalue weighted by Crippen LogP contribution is 2.38. The molecule has 0 bridgehead atoms. The number of nitrogens with zero attached hydrogens (tertiary/aromatic N) is 2. The highest BCUT2D eigenvalue weighted by atomic mass is 32.1. The van der Waals surface area contributed by atoms with Gasteiger partial charge < -0.3 is 10.2 Å². The van der Waals surface area contributed by atoms with Crippen molar-refractivity contribution in [2.45, 2.75) is 57.0 Å². The molecule has 1 unspecified atom stereocenters. The van der Waals surface area contributed by atoms with Gasteiger partial charge in [0.2, 0.25) is 0 Å². The molecule has 1 aromatic heterocycles. The minimum absolute atomic E-state index is 0.320. The predicted molar refractivity (Wildman–Crippen MR) is 82.8 cm³/mol. The van der Waals surface area contributed by atoms with Crippen LogP contribution in [0.4, 0.5) is 0 Å². The highest BCUT2D eigenvalue weighted by molar-refractivity contribution is 7.09. The van der Waals surface area contributed by atoms with Crippen LogP contribution in [0, 0.1) is 0 Å². The van der Waals surface area contributed by atoms with E-state index in [-0.39, 0.29) is 0 Å². The van der Waals surface area contributed by atoms with E-state index in [1.807, 2.05) is 6.20 Å². The SMILES string of the molecule is CCCNC(Cc1nccs1)C1(N(C)C)CCCC1. The Morgan fingerprint density at radius 2 is 2.16 bits per heavy atom. The molecule has 0 aliphatic heterocycles. The Hall–Kier alpha value is -0.450. The Bertz CT molecular complexity index is 355. The fourth-order valence-electron chi connectivity index (χ4n) is 3.39. The number of nitrogens with one attached hydrogen (secondary N) is 1. The molecule has 4 heteroatoms. The molecule has 3 nitrogen and oxygen atoms in total. The van der Waals surface area contributed by atoms with Crippen LogP contribution in [0.2, 0.25) is 0 Å². The van der Waals surface area contributed by atoms with Gasteiger partial charge in [0.25, 0.3) is 0 Å². The van der Waals surface area contributed by atoms with Crippen LogP contribution in [0.1, 0.15) is 44.0 Å². The van der Waals surface area contributed by atoms with Gasteiger partial charge in [0.15, 0.2) is 0 Å². The molecule has 108 valence electrons. The van der Waals surface area contributed by atoms with Gasteiger partial charge in [-0.2, -0.15) is 0 Å². The van der Waals surface area contributed by atoms with E-state index in [0.717, 1.165) is 13.0 Å². The molecule has 0 amide bonds. The first-order valence-electron chi connectivity index (χ1n) is 7.48. The summed E-state index contributed by atoms with van der Waals surface area (Å²) in [7, 11) is 4.49. The van der Waals surface area contributed by atoms with E-state index in [2.05, 4.69) is 41.6 Å². The second-order valence-electron chi connectivity index (χ2n) is 5.84. The standard InChI is InChI=1S/C15H27N3S/c1-4-9-16-13(12-14-17-10-11-19-14)15(18(2)3)7-5-6-8-15/h10-11,13,16H,4-9,12H2,1-3H3. The van der Waals surface area contributed by atoms with Gasteiger partial charge >= 0.3 is 0 Å². The van der Waals surface area contributed by atoms with Gasteiger partial charge in [-0.15, -0.1) is 11.3 Å². The first-order valence-corrected chi connectivity index (χ1v) is 8.36. The van der Waals surface area contributed by atoms with Crippen molar-refractivity contribution in [2.75, 3.05) is 20.6 Å². The summed E-state index contributed by atoms with van der Waals surface area (Å²) in [5.41, 5.74) is 0.320. The van der Waals surface area contributed by atoms with E-state index < -0.39 is 0 Å². The van der Waals surface area contributed by atoms with Crippen LogP contribution >= 0.6 is 11.3 Å². The lowest BCUT2D eigenvalue weighted by molar-refractivity contribution is 0.104. The zero-order chi connectivity index (χ0) is 13.7. The number of hydrogen-bond donors (Lipinski definition) is 1. The molecule has 0 saturated heterocycles. The van der Waals surface area contributed by atoms with Crippen molar-refractivity contribution in [3.05, 3.63) is 16.6 Å². The molecule has 1 heterocycles. The van der Waals surface area contributed by atoms with E-state index in [1.165, 1.54) is 37.1 Å². The van der Waals surface area contributed by atoms with Gasteiger partial charge in [-0.25, -0.2) is 4.98 Å². The quantitative estimate of drug-likeness (QED) is 0.833. The van der Waals surface area contributed by atoms with Crippen LogP contribution < -0.4 is 5.32 Å². The maximum atomic E-state index is 4.49. The lowest BCUT2D eigenvalue weighted by Gasteiger charge is -2.43. The number of rotatable bonds is 7. The zero-order valence-corrected chi connectivity index (χ0v) is 13.3. The smallest absolute Gasteiger partial charge is 0.0941 e. The minimum Gasteiger partial charge on any atom is -0.312 e. The summed E-state index contributed by atoms with van der Waals surface area (Å²) in [5.74, 6) is 0. The van der Waals surface area contributed by atoms with Crippen LogP contribution in [0.15, 0.2) is 11.6 Å². The Labute approximate surface area is 121 Å². The monoisotopic (exact) mass is 281 g/mol. The Morgan fingerprint density at radius 1 is 1.42 bits per heavy atom. The van der Waals surface area contributed by atoms with E-state index >= 15 is 0 Å². The average Bonchev–Trinajstić information content (AvgIpc) is 3.05. The number of hydrogen-bond acceptors (Lipinski definition) is 4. The molecule has 1 aliphatic carbocycles. The van der Waals surface area contributed by atoms with Gasteiger partial charge in [-0.3, -0.25) is 0 Å². The van der Waals surface area contributed by atoms with Gasteiger partial charge in [0.05, 0.1) is 5.01 Å². The third-order valence-electron chi connectivity index (χ3n) is 4.51. The lowest BCUT2D eigenvalue weighted by Crippen LogP contribution is -2.58. The molecular weight excluding hydrogens is 254 g/mol. The van der Waals surface area contributed by atoms with Crippen molar-refractivity contribution in [2.24, 2.45) is 0 Å². The molecule has 1 fully saturated rings. The molecule has 1 N–H and O–H groups in total. The summed E-state index contributed by atoms with van der Waals surface area (Å²) in [6, 6.07) is 0.524. The molecule has 19 heavy (non-hydrogen) atoms. The van der Waals surface area contributed by atoms with E-state index in [1.54, 1.807) is 11.3 Å². The molecule has 0 aromatic carbocycles. The first-order chi connectivity index (χ1) is 9.19. The van der Waals surface area contributed by atoms with Crippen LogP contribution in [0.25, 0.3) is 0 Å². The Morgan fingerprint density at radius 3 is 2.68 bits per heavy atom. The molecule has 1 saturated carbocycles. The largest absolute Gasteiger partial charge is 0.312 e. The number of thiazole rings is 1. The molecule has 1 aromatic rings. The molecular formula is C15H27N3S. The zero-order valence-electron chi connectivity index (χ0n) is 12.5. The van der Waals surface area contributed by atoms with Crippen LogP contribution in [-0.2, 0) is 6.42 Å². The lowest BCUT2D eigenvalue weighted by atomic mass is 9.84. The third kappa shape index (κ3) is 3.36. The summed E-state index contributed by atoms with van der Waals surface area (Å²) in [5, 5.41) is 7.15. The second kappa shape index (κ2) is 6.82. The van der Waals surface area contributed by atoms with Crippen molar-refractivity contribution in [1.29, 1.82) is 0 Å². The summed E-state index contributed by atoms with van der Waals surface area (Å²) in [6.07, 6.45) is 9.53. The first kappa shape index (κ1) is 14.9. The summed E-state index contributed by atoms with van der Waals surface area (Å²) >= 11 is 1.78. The van der Waals surface area contributed by atoms with E-state index in [9.17, 15) is 0 Å². The van der Waals surface area contributed by atoms with Gasteiger partial charge in [-0.05, 0) is 39.9 Å². The molecule has 0 radical (unpaired) electrons. The van der Waals surface area contributed by atoms with Crippen LogP contribution in [0.5, 0.6) is 0 Å². The van der Waals surface area contributed by atoms with Crippen molar-refractivity contribution in [1.82, 2.24) is 15.2 Å². The highest BCUT2D eigenvalue weighted by Gasteiger charge is 2.43. The summed E-state index contributed by atoms with van der Waals surface area (Å²) in [4.78, 5) is 6.95. The van der Waals surface area contributed by atoms with Crippen molar-refractivity contribution in [3.63, 3.8) is 0 Å². The topological polar surface area (TPSA) is 28.2 Å². The van der Waals surface area contributed by atoms with Gasteiger partial charge in [0, 0.05) is 29.6 Å². The summed E-state index contributed by atoms with van der Waals surface area (Å²) in [6.45, 7) is 3.34. The van der Waals surface area contributed by atoms with Crippen molar-refractivity contribution >= 4 is 11.3 Å². The maximum Gasteiger partial charge on any atom is 0.0941 e. The Balaban J connectivity index is 2.14. The van der Waals surface area contributed by atoms with Crippen LogP contribution in [-0.4, -0.2) is 42.1 Å². The fraction of sp³-hybridized carbons (Fsp3) is 0.800. The fourth-order valence-corrected chi connectivity index (χ4v) is 4.06. The van der Waals surface area contributed by atoms with E-state index in [0.29, 0.717) is 11.6 Å². The third-order valence-corrected chi connectivity index (χ3v) is 5.31. The normalized spacial score (nSPS) is 20.0. The number of aromatic nitrogens is 1. The minimum atomic E-state index is 0.320. The van der Waals surface area contributed by atoms with Gasteiger partial charge in [-0.1, -0.05) is 19.8 Å². The predicted octanol–water partition coefficient (Wildman–Crippen LogP) is 2.93. The number of likely N-dealkylation sites (N-methyl/N-ethyl adjacent to an activating group) is 1. The van der Waals surface area contributed by atoms with Gasteiger partial charge in [0.1, 0.15) is 0 Å². The second-order valence-corrected chi connectivity index (χ2v) is 6.82. The van der Waals surface area contributed by atoms with Crippen LogP contribution in [0.3, 0.4) is 0 Å². The van der Waals surface area contributed by atoms with E-state index in [4.69, 9.17) is 0 Å². The Kier molecular flexibility index (Phi) is 5.37. The molecule has 1 aliphatic rings. The average molecular weight is 281 g/mol.